The standard InChI is InChI=1S/C12H22O3Si.6CH3.2Sn/c1-7-14-11(13)9-8-10-15-16(5,6)12(2,3)4;;;;;;;;/h7,10H2,1-6H3;6*1H3;;. The molecule has 0 N–H and O–H groups in total. The van der Waals surface area contributed by atoms with Crippen molar-refractivity contribution in [2.75, 3.05) is 13.2 Å². The van der Waals surface area contributed by atoms with Crippen molar-refractivity contribution in [3.05, 3.63) is 7.18 Å². The van der Waals surface area contributed by atoms with Crippen molar-refractivity contribution in [1.82, 2.24) is 0 Å². The molecule has 0 aromatic heterocycles. The van der Waals surface area contributed by atoms with Gasteiger partial charge in [-0.3, -0.25) is 0 Å². The average Bonchev–Trinajstić information content (AvgIpc) is 2.29. The molecule has 0 spiro atoms. The van der Waals surface area contributed by atoms with E-state index in [0.29, 0.717) is 13.2 Å². The molecule has 0 saturated heterocycles. The summed E-state index contributed by atoms with van der Waals surface area (Å²) in [5, 5.41) is 0.181. The van der Waals surface area contributed by atoms with Gasteiger partial charge in [0.2, 0.25) is 0 Å². The number of hydrogen-bond donors (Lipinski definition) is 0. The first-order chi connectivity index (χ1) is 10.4. The van der Waals surface area contributed by atoms with Gasteiger partial charge in [-0.15, -0.1) is 0 Å². The van der Waals surface area contributed by atoms with Crippen LogP contribution < -0.4 is 0 Å². The third kappa shape index (κ3) is 7.31. The van der Waals surface area contributed by atoms with Crippen molar-refractivity contribution in [1.29, 1.82) is 0 Å². The number of carbonyl (C=O) groups excluding carboxylic acids is 1. The van der Waals surface area contributed by atoms with Crippen molar-refractivity contribution in [3.63, 3.8) is 0 Å². The van der Waals surface area contributed by atoms with Gasteiger partial charge < -0.3 is 0 Å². The van der Waals surface area contributed by atoms with Crippen LogP contribution >= 0.6 is 0 Å². The Kier molecular flexibility index (Phi) is 9.14. The van der Waals surface area contributed by atoms with Crippen LogP contribution in [0.2, 0.25) is 47.8 Å². The van der Waals surface area contributed by atoms with Crippen LogP contribution in [0.3, 0.4) is 0 Å². The van der Waals surface area contributed by atoms with Crippen molar-refractivity contribution in [2.24, 2.45) is 0 Å². The molecule has 0 aliphatic rings. The van der Waals surface area contributed by atoms with Crippen LogP contribution in [0, 0.1) is 0 Å². The van der Waals surface area contributed by atoms with Gasteiger partial charge in [0.05, 0.1) is 0 Å². The quantitative estimate of drug-likeness (QED) is 0.227. The Bertz CT molecular complexity index is 478. The second-order valence-corrected chi connectivity index (χ2v) is 43.8. The van der Waals surface area contributed by atoms with E-state index in [9.17, 15) is 4.79 Å². The summed E-state index contributed by atoms with van der Waals surface area (Å²) in [6.45, 7) is 14.3. The number of ether oxygens (including phenoxy) is 1. The van der Waals surface area contributed by atoms with Gasteiger partial charge >= 0.3 is 161 Å². The van der Waals surface area contributed by atoms with E-state index in [1.165, 1.54) is 3.59 Å². The zero-order chi connectivity index (χ0) is 19.6. The van der Waals surface area contributed by atoms with E-state index in [1.54, 1.807) is 0 Å². The molecule has 0 saturated carbocycles. The molecular weight excluding hydrogens is 530 g/mol. The SMILES string of the molecule is CCOC(=O)/[C](=[C](\CO[Si](C)(C)C(C)(C)C)[Sn]([CH3])([CH3])[CH3])[Sn]([CH3])([CH3])[CH3]. The van der Waals surface area contributed by atoms with E-state index in [-0.39, 0.29) is 11.0 Å². The number of carbonyl (C=O) groups is 1. The van der Waals surface area contributed by atoms with E-state index in [1.807, 2.05) is 6.92 Å². The molecule has 0 radical (unpaired) electrons. The molecular formula is C18H40O3SiSn2. The van der Waals surface area contributed by atoms with E-state index in [4.69, 9.17) is 9.16 Å². The van der Waals surface area contributed by atoms with Gasteiger partial charge in [-0.25, -0.2) is 0 Å². The summed E-state index contributed by atoms with van der Waals surface area (Å²) >= 11 is -5.11. The summed E-state index contributed by atoms with van der Waals surface area (Å²) < 4.78 is 14.4. The van der Waals surface area contributed by atoms with Crippen LogP contribution in [0.5, 0.6) is 0 Å². The fraction of sp³-hybridized carbons (Fsp3) is 0.833. The van der Waals surface area contributed by atoms with E-state index in [2.05, 4.69) is 63.5 Å². The summed E-state index contributed by atoms with van der Waals surface area (Å²) in [6.07, 6.45) is 0. The Morgan fingerprint density at radius 2 is 1.42 bits per heavy atom. The number of rotatable bonds is 7. The van der Waals surface area contributed by atoms with Crippen LogP contribution in [-0.4, -0.2) is 64.3 Å². The zero-order valence-corrected chi connectivity index (χ0v) is 24.8. The van der Waals surface area contributed by atoms with Gasteiger partial charge in [0.25, 0.3) is 0 Å². The molecule has 6 heteroatoms. The van der Waals surface area contributed by atoms with Gasteiger partial charge in [-0.05, 0) is 0 Å². The molecule has 3 nitrogen and oxygen atoms in total. The maximum absolute atomic E-state index is 12.8. The Morgan fingerprint density at radius 1 is 0.958 bits per heavy atom. The minimum absolute atomic E-state index is 0.0683. The molecule has 0 atom stereocenters. The molecule has 0 unspecified atom stereocenters. The first-order valence-electron chi connectivity index (χ1n) is 9.00. The predicted molar refractivity (Wildman–Crippen MR) is 114 cm³/mol. The van der Waals surface area contributed by atoms with Gasteiger partial charge in [-0.1, -0.05) is 0 Å². The van der Waals surface area contributed by atoms with Gasteiger partial charge in [-0.2, -0.15) is 0 Å². The van der Waals surface area contributed by atoms with Crippen LogP contribution in [0.15, 0.2) is 7.18 Å². The van der Waals surface area contributed by atoms with Crippen molar-refractivity contribution >= 4 is 51.0 Å². The van der Waals surface area contributed by atoms with Gasteiger partial charge in [0.15, 0.2) is 0 Å². The Morgan fingerprint density at radius 3 is 1.71 bits per heavy atom. The predicted octanol–water partition coefficient (Wildman–Crippen LogP) is 5.62. The fourth-order valence-corrected chi connectivity index (χ4v) is 26.5. The monoisotopic (exact) mass is 572 g/mol. The summed E-state index contributed by atoms with van der Waals surface area (Å²) in [5.74, 6) is -0.0683. The fourth-order valence-electron chi connectivity index (χ4n) is 2.22. The minimum atomic E-state index is -2.62. The molecule has 0 bridgehead atoms. The summed E-state index contributed by atoms with van der Waals surface area (Å²) in [5.41, 5.74) is 0. The normalized spacial score (nSPS) is 15.2. The molecule has 0 aromatic carbocycles. The number of esters is 1. The van der Waals surface area contributed by atoms with Crippen molar-refractivity contribution in [3.8, 4) is 0 Å². The second-order valence-electron chi connectivity index (χ2n) is 10.1. The maximum atomic E-state index is 12.8. The molecule has 0 aliphatic carbocycles. The molecule has 0 aromatic rings. The molecule has 142 valence electrons. The summed E-state index contributed by atoms with van der Waals surface area (Å²) in [4.78, 5) is 26.8. The molecule has 24 heavy (non-hydrogen) atoms. The van der Waals surface area contributed by atoms with Gasteiger partial charge in [0, 0.05) is 0 Å². The molecule has 0 rings (SSSR count). The van der Waals surface area contributed by atoms with Crippen LogP contribution in [0.4, 0.5) is 0 Å². The number of hydrogen-bond acceptors (Lipinski definition) is 3. The van der Waals surface area contributed by atoms with Gasteiger partial charge in [0.1, 0.15) is 0 Å². The summed E-state index contributed by atoms with van der Waals surface area (Å²) in [7, 11) is -1.83. The topological polar surface area (TPSA) is 35.5 Å². The third-order valence-electron chi connectivity index (χ3n) is 4.82. The molecule has 0 amide bonds. The average molecular weight is 570 g/mol. The summed E-state index contributed by atoms with van der Waals surface area (Å²) in [6, 6.07) is 0. The Hall–Kier alpha value is 0.984. The first kappa shape index (κ1) is 25.0. The van der Waals surface area contributed by atoms with E-state index >= 15 is 0 Å². The first-order valence-corrected chi connectivity index (χ1v) is 31.9. The third-order valence-corrected chi connectivity index (χ3v) is 23.4. The second kappa shape index (κ2) is 8.78. The Labute approximate surface area is 159 Å². The van der Waals surface area contributed by atoms with Crippen LogP contribution in [0.25, 0.3) is 0 Å². The van der Waals surface area contributed by atoms with Crippen LogP contribution in [-0.2, 0) is 14.0 Å². The Balaban J connectivity index is 6.02. The molecule has 0 heterocycles. The van der Waals surface area contributed by atoms with Crippen molar-refractivity contribution < 1.29 is 14.0 Å². The zero-order valence-electron chi connectivity index (χ0n) is 18.1. The molecule has 0 fully saturated rings. The van der Waals surface area contributed by atoms with E-state index < -0.39 is 45.1 Å². The molecule has 0 aliphatic heterocycles. The van der Waals surface area contributed by atoms with Crippen molar-refractivity contribution in [2.45, 2.75) is 75.5 Å². The van der Waals surface area contributed by atoms with Crippen LogP contribution in [0.1, 0.15) is 27.7 Å². The van der Waals surface area contributed by atoms with E-state index in [0.717, 1.165) is 3.59 Å².